The second kappa shape index (κ2) is 8.64. The predicted molar refractivity (Wildman–Crippen MR) is 86.3 cm³/mol. The highest BCUT2D eigenvalue weighted by Gasteiger charge is 2.25. The summed E-state index contributed by atoms with van der Waals surface area (Å²) >= 11 is 0. The van der Waals surface area contributed by atoms with Crippen molar-refractivity contribution in [2.75, 3.05) is 12.3 Å². The highest BCUT2D eigenvalue weighted by Crippen LogP contribution is 2.27. The Balaban J connectivity index is 2.03. The van der Waals surface area contributed by atoms with Crippen molar-refractivity contribution in [1.82, 2.24) is 5.32 Å². The van der Waals surface area contributed by atoms with E-state index in [0.29, 0.717) is 16.6 Å². The molecular formula is C17H26FNOS. The van der Waals surface area contributed by atoms with E-state index in [0.717, 1.165) is 13.0 Å². The highest BCUT2D eigenvalue weighted by atomic mass is 32.2. The van der Waals surface area contributed by atoms with Crippen molar-refractivity contribution in [1.29, 1.82) is 0 Å². The lowest BCUT2D eigenvalue weighted by Gasteiger charge is -2.31. The summed E-state index contributed by atoms with van der Waals surface area (Å²) < 4.78 is 26.3. The number of hydrogen-bond acceptors (Lipinski definition) is 2. The SMILES string of the molecule is CCCNC(CS(=O)c1ccccc1F)C1CCCCC1. The molecule has 0 amide bonds. The van der Waals surface area contributed by atoms with Crippen LogP contribution >= 0.6 is 0 Å². The van der Waals surface area contributed by atoms with Gasteiger partial charge in [0.1, 0.15) is 5.82 Å². The van der Waals surface area contributed by atoms with E-state index in [1.54, 1.807) is 18.2 Å². The molecule has 2 unspecified atom stereocenters. The predicted octanol–water partition coefficient (Wildman–Crippen LogP) is 3.88. The maximum Gasteiger partial charge on any atom is 0.139 e. The van der Waals surface area contributed by atoms with Crippen molar-refractivity contribution in [3.05, 3.63) is 30.1 Å². The van der Waals surface area contributed by atoms with Gasteiger partial charge in [0.25, 0.3) is 0 Å². The van der Waals surface area contributed by atoms with Gasteiger partial charge >= 0.3 is 0 Å². The Hall–Kier alpha value is -0.740. The minimum absolute atomic E-state index is 0.241. The fourth-order valence-electron chi connectivity index (χ4n) is 3.11. The summed E-state index contributed by atoms with van der Waals surface area (Å²) in [6.45, 7) is 3.08. The Labute approximate surface area is 130 Å². The molecule has 1 fully saturated rings. The summed E-state index contributed by atoms with van der Waals surface area (Å²) in [4.78, 5) is 0.344. The molecule has 1 saturated carbocycles. The molecule has 0 spiro atoms. The molecule has 0 aromatic heterocycles. The van der Waals surface area contributed by atoms with Crippen LogP contribution in [-0.2, 0) is 10.8 Å². The maximum atomic E-state index is 13.8. The van der Waals surface area contributed by atoms with E-state index >= 15 is 0 Å². The van der Waals surface area contributed by atoms with Gasteiger partial charge in [-0.3, -0.25) is 4.21 Å². The van der Waals surface area contributed by atoms with Crippen LogP contribution in [-0.4, -0.2) is 22.5 Å². The van der Waals surface area contributed by atoms with Gasteiger partial charge in [0.05, 0.1) is 15.7 Å². The Morgan fingerprint density at radius 3 is 2.67 bits per heavy atom. The standard InChI is InChI=1S/C17H26FNOS/c1-2-12-19-16(14-8-4-3-5-9-14)13-21(20)17-11-7-6-10-15(17)18/h6-7,10-11,14,16,19H,2-5,8-9,12-13H2,1H3. The van der Waals surface area contributed by atoms with Gasteiger partial charge in [0.15, 0.2) is 0 Å². The summed E-state index contributed by atoms with van der Waals surface area (Å²) in [5, 5.41) is 3.54. The van der Waals surface area contributed by atoms with E-state index in [1.165, 1.54) is 38.2 Å². The highest BCUT2D eigenvalue weighted by molar-refractivity contribution is 7.85. The summed E-state index contributed by atoms with van der Waals surface area (Å²) in [5.74, 6) is 0.751. The van der Waals surface area contributed by atoms with E-state index in [4.69, 9.17) is 0 Å². The van der Waals surface area contributed by atoms with Crippen molar-refractivity contribution in [3.63, 3.8) is 0 Å². The first-order valence-corrected chi connectivity index (χ1v) is 9.40. The maximum absolute atomic E-state index is 13.8. The monoisotopic (exact) mass is 311 g/mol. The summed E-state index contributed by atoms with van der Waals surface area (Å²) in [6.07, 6.45) is 7.32. The van der Waals surface area contributed by atoms with Crippen molar-refractivity contribution in [2.45, 2.75) is 56.4 Å². The van der Waals surface area contributed by atoms with E-state index in [1.807, 2.05) is 0 Å². The smallest absolute Gasteiger partial charge is 0.139 e. The van der Waals surface area contributed by atoms with Gasteiger partial charge in [-0.15, -0.1) is 0 Å². The molecule has 1 aromatic rings. The van der Waals surface area contributed by atoms with Gasteiger partial charge in [0.2, 0.25) is 0 Å². The lowest BCUT2D eigenvalue weighted by Crippen LogP contribution is -2.41. The lowest BCUT2D eigenvalue weighted by atomic mass is 9.84. The second-order valence-electron chi connectivity index (χ2n) is 5.90. The molecule has 1 N–H and O–H groups in total. The fourth-order valence-corrected chi connectivity index (χ4v) is 4.52. The zero-order valence-corrected chi connectivity index (χ0v) is 13.6. The first kappa shape index (κ1) is 16.6. The Bertz CT molecular complexity index is 460. The average molecular weight is 311 g/mol. The summed E-state index contributed by atoms with van der Waals surface area (Å²) in [6, 6.07) is 6.67. The third-order valence-electron chi connectivity index (χ3n) is 4.29. The molecule has 1 aliphatic rings. The van der Waals surface area contributed by atoms with Crippen LogP contribution in [0.1, 0.15) is 45.4 Å². The largest absolute Gasteiger partial charge is 0.313 e. The molecule has 0 saturated heterocycles. The van der Waals surface area contributed by atoms with Crippen LogP contribution in [0.15, 0.2) is 29.2 Å². The van der Waals surface area contributed by atoms with E-state index in [-0.39, 0.29) is 11.9 Å². The fraction of sp³-hybridized carbons (Fsp3) is 0.647. The minimum atomic E-state index is -1.27. The molecule has 2 nitrogen and oxygen atoms in total. The number of halogens is 1. The Morgan fingerprint density at radius 1 is 1.29 bits per heavy atom. The number of hydrogen-bond donors (Lipinski definition) is 1. The molecule has 0 aliphatic heterocycles. The molecule has 2 atom stereocenters. The topological polar surface area (TPSA) is 29.1 Å². The van der Waals surface area contributed by atoms with Crippen LogP contribution in [0.4, 0.5) is 4.39 Å². The van der Waals surface area contributed by atoms with Crippen LogP contribution in [0, 0.1) is 11.7 Å². The van der Waals surface area contributed by atoms with Crippen molar-refractivity contribution >= 4 is 10.8 Å². The summed E-state index contributed by atoms with van der Waals surface area (Å²) in [5.41, 5.74) is 0. The quantitative estimate of drug-likeness (QED) is 0.828. The van der Waals surface area contributed by atoms with Crippen LogP contribution in [0.2, 0.25) is 0 Å². The van der Waals surface area contributed by atoms with Gasteiger partial charge in [-0.25, -0.2) is 4.39 Å². The molecule has 1 aromatic carbocycles. The second-order valence-corrected chi connectivity index (χ2v) is 7.37. The first-order chi connectivity index (χ1) is 10.2. The van der Waals surface area contributed by atoms with Crippen molar-refractivity contribution in [2.24, 2.45) is 5.92 Å². The van der Waals surface area contributed by atoms with Gasteiger partial charge in [0, 0.05) is 11.8 Å². The lowest BCUT2D eigenvalue weighted by molar-refractivity contribution is 0.284. The molecule has 2 rings (SSSR count). The van der Waals surface area contributed by atoms with Gasteiger partial charge in [-0.1, -0.05) is 38.3 Å². The van der Waals surface area contributed by atoms with E-state index in [9.17, 15) is 8.60 Å². The molecule has 0 heterocycles. The first-order valence-electron chi connectivity index (χ1n) is 8.08. The van der Waals surface area contributed by atoms with E-state index < -0.39 is 10.8 Å². The van der Waals surface area contributed by atoms with Crippen LogP contribution in [0.25, 0.3) is 0 Å². The molecular weight excluding hydrogens is 285 g/mol. The van der Waals surface area contributed by atoms with E-state index in [2.05, 4.69) is 12.2 Å². The number of benzene rings is 1. The third kappa shape index (κ3) is 4.89. The van der Waals surface area contributed by atoms with Crippen LogP contribution in [0.5, 0.6) is 0 Å². The molecule has 0 radical (unpaired) electrons. The number of rotatable bonds is 7. The molecule has 118 valence electrons. The summed E-state index contributed by atoms with van der Waals surface area (Å²) in [7, 11) is -1.27. The van der Waals surface area contributed by atoms with Crippen molar-refractivity contribution < 1.29 is 8.60 Å². The number of nitrogens with one attached hydrogen (secondary N) is 1. The molecule has 1 aliphatic carbocycles. The minimum Gasteiger partial charge on any atom is -0.313 e. The molecule has 0 bridgehead atoms. The average Bonchev–Trinajstić information content (AvgIpc) is 2.52. The van der Waals surface area contributed by atoms with Crippen molar-refractivity contribution in [3.8, 4) is 0 Å². The van der Waals surface area contributed by atoms with Gasteiger partial charge in [-0.2, -0.15) is 0 Å². The third-order valence-corrected chi connectivity index (χ3v) is 5.77. The van der Waals surface area contributed by atoms with Gasteiger partial charge in [-0.05, 0) is 43.9 Å². The molecule has 21 heavy (non-hydrogen) atoms. The Kier molecular flexibility index (Phi) is 6.84. The zero-order chi connectivity index (χ0) is 15.1. The van der Waals surface area contributed by atoms with Gasteiger partial charge < -0.3 is 5.32 Å². The van der Waals surface area contributed by atoms with Crippen LogP contribution in [0.3, 0.4) is 0 Å². The van der Waals surface area contributed by atoms with Crippen LogP contribution < -0.4 is 5.32 Å². The zero-order valence-electron chi connectivity index (χ0n) is 12.8. The Morgan fingerprint density at radius 2 is 2.00 bits per heavy atom. The normalized spacial score (nSPS) is 19.3. The molecule has 4 heteroatoms.